The molecule has 10 aromatic rings. The quantitative estimate of drug-likeness (QED) is 0.118. The molecule has 0 atom stereocenters. The van der Waals surface area contributed by atoms with E-state index in [1.165, 1.54) is 64.8 Å². The fourth-order valence-corrected chi connectivity index (χ4v) is 14.6. The molecule has 278 valence electrons. The first-order chi connectivity index (χ1) is 29.3. The highest BCUT2D eigenvalue weighted by atomic mass is 28.3. The van der Waals surface area contributed by atoms with E-state index in [1.807, 2.05) is 0 Å². The van der Waals surface area contributed by atoms with Gasteiger partial charge < -0.3 is 9.80 Å². The average molecular weight is 769 g/mol. The summed E-state index contributed by atoms with van der Waals surface area (Å²) in [4.78, 5) is 4.97. The normalized spacial score (nSPS) is 12.8. The molecule has 0 saturated carbocycles. The zero-order valence-corrected chi connectivity index (χ0v) is 33.5. The second-order valence-electron chi connectivity index (χ2n) is 15.3. The van der Waals surface area contributed by atoms with Crippen molar-refractivity contribution in [1.29, 1.82) is 0 Å². The van der Waals surface area contributed by atoms with Crippen LogP contribution in [0.3, 0.4) is 0 Å². The molecule has 0 spiro atoms. The fraction of sp³-hybridized carbons (Fsp3) is 0. The summed E-state index contributed by atoms with van der Waals surface area (Å²) in [6.07, 6.45) is 0. The average Bonchev–Trinajstić information content (AvgIpc) is 3.32. The van der Waals surface area contributed by atoms with E-state index in [1.54, 1.807) is 0 Å². The first kappa shape index (κ1) is 34.8. The molecular weight excluding hydrogens is 729 g/mol. The van der Waals surface area contributed by atoms with E-state index in [-0.39, 0.29) is 0 Å². The van der Waals surface area contributed by atoms with Crippen LogP contribution in [-0.4, -0.2) is 8.07 Å². The number of benzene rings is 10. The van der Waals surface area contributed by atoms with Gasteiger partial charge in [-0.25, -0.2) is 0 Å². The van der Waals surface area contributed by atoms with Crippen LogP contribution in [0.5, 0.6) is 0 Å². The van der Waals surface area contributed by atoms with Crippen molar-refractivity contribution >= 4 is 84.5 Å². The summed E-state index contributed by atoms with van der Waals surface area (Å²) in [5.41, 5.74) is 9.35. The SMILES string of the molecule is c1ccc(-c2ccc(N(c3ccc4c(c3)[Si](c3ccccc3)(c3ccccc3)c3ccccc3N4c3ccccc3)c3cc4ccccc4c4ccccc34)cc2)cc1. The van der Waals surface area contributed by atoms with Gasteiger partial charge in [0.1, 0.15) is 0 Å². The Labute approximate surface area is 346 Å². The van der Waals surface area contributed by atoms with Gasteiger partial charge in [-0.1, -0.05) is 188 Å². The third kappa shape index (κ3) is 5.70. The smallest absolute Gasteiger partial charge is 0.184 e. The maximum Gasteiger partial charge on any atom is 0.184 e. The minimum absolute atomic E-state index is 1.10. The van der Waals surface area contributed by atoms with E-state index >= 15 is 0 Å². The highest BCUT2D eigenvalue weighted by molar-refractivity contribution is 7.21. The van der Waals surface area contributed by atoms with Crippen LogP contribution in [0, 0.1) is 0 Å². The molecular formula is C56H40N2Si. The van der Waals surface area contributed by atoms with Crippen LogP contribution >= 0.6 is 0 Å². The van der Waals surface area contributed by atoms with E-state index in [0.29, 0.717) is 0 Å². The molecule has 1 heterocycles. The molecule has 11 rings (SSSR count). The van der Waals surface area contributed by atoms with E-state index in [0.717, 1.165) is 22.7 Å². The van der Waals surface area contributed by atoms with Gasteiger partial charge in [0.2, 0.25) is 0 Å². The summed E-state index contributed by atoms with van der Waals surface area (Å²) >= 11 is 0. The molecule has 1 aliphatic rings. The summed E-state index contributed by atoms with van der Waals surface area (Å²) in [7, 11) is -2.95. The Balaban J connectivity index is 1.24. The van der Waals surface area contributed by atoms with Crippen molar-refractivity contribution in [3.63, 3.8) is 0 Å². The molecule has 1 aliphatic heterocycles. The maximum atomic E-state index is 2.53. The van der Waals surface area contributed by atoms with Gasteiger partial charge >= 0.3 is 0 Å². The fourth-order valence-electron chi connectivity index (χ4n) is 9.52. The topological polar surface area (TPSA) is 6.48 Å². The van der Waals surface area contributed by atoms with E-state index in [2.05, 4.69) is 252 Å². The Morgan fingerprint density at radius 2 is 0.847 bits per heavy atom. The minimum Gasteiger partial charge on any atom is -0.311 e. The second-order valence-corrected chi connectivity index (χ2v) is 19.0. The maximum absolute atomic E-state index is 2.95. The Morgan fingerprint density at radius 3 is 1.54 bits per heavy atom. The Hall–Kier alpha value is -7.46. The predicted molar refractivity (Wildman–Crippen MR) is 253 cm³/mol. The van der Waals surface area contributed by atoms with Crippen LogP contribution in [0.2, 0.25) is 0 Å². The largest absolute Gasteiger partial charge is 0.311 e. The first-order valence-electron chi connectivity index (χ1n) is 20.4. The molecule has 10 aromatic carbocycles. The van der Waals surface area contributed by atoms with Crippen molar-refractivity contribution in [2.75, 3.05) is 9.80 Å². The van der Waals surface area contributed by atoms with Crippen molar-refractivity contribution in [2.24, 2.45) is 0 Å². The van der Waals surface area contributed by atoms with E-state index in [9.17, 15) is 0 Å². The van der Waals surface area contributed by atoms with Gasteiger partial charge in [-0.15, -0.1) is 0 Å². The molecule has 0 unspecified atom stereocenters. The summed E-state index contributed by atoms with van der Waals surface area (Å²) < 4.78 is 0. The van der Waals surface area contributed by atoms with Gasteiger partial charge in [-0.2, -0.15) is 0 Å². The van der Waals surface area contributed by atoms with Crippen LogP contribution in [0.4, 0.5) is 34.1 Å². The van der Waals surface area contributed by atoms with Crippen LogP contribution < -0.4 is 30.5 Å². The summed E-state index contributed by atoms with van der Waals surface area (Å²) in [6.45, 7) is 0. The summed E-state index contributed by atoms with van der Waals surface area (Å²) in [6, 6.07) is 89.6. The lowest BCUT2D eigenvalue weighted by Crippen LogP contribution is -2.77. The Kier molecular flexibility index (Phi) is 8.53. The van der Waals surface area contributed by atoms with Gasteiger partial charge in [0.05, 0.1) is 5.69 Å². The molecule has 0 aromatic heterocycles. The van der Waals surface area contributed by atoms with Gasteiger partial charge in [0.15, 0.2) is 8.07 Å². The van der Waals surface area contributed by atoms with Crippen molar-refractivity contribution in [3.8, 4) is 11.1 Å². The van der Waals surface area contributed by atoms with E-state index < -0.39 is 8.07 Å². The molecule has 0 N–H and O–H groups in total. The van der Waals surface area contributed by atoms with Gasteiger partial charge in [0, 0.05) is 33.8 Å². The summed E-state index contributed by atoms with van der Waals surface area (Å²) in [5.74, 6) is 0. The lowest BCUT2D eigenvalue weighted by atomic mass is 9.98. The van der Waals surface area contributed by atoms with Crippen LogP contribution in [0.25, 0.3) is 32.7 Å². The van der Waals surface area contributed by atoms with Gasteiger partial charge in [-0.05, 0) is 103 Å². The van der Waals surface area contributed by atoms with Crippen molar-refractivity contribution < 1.29 is 0 Å². The molecule has 0 radical (unpaired) electrons. The molecule has 3 heteroatoms. The number of fused-ring (bicyclic) bond motifs is 5. The van der Waals surface area contributed by atoms with Crippen molar-refractivity contribution in [3.05, 3.63) is 243 Å². The number of para-hydroxylation sites is 2. The summed E-state index contributed by atoms with van der Waals surface area (Å²) in [5, 5.41) is 10.4. The third-order valence-electron chi connectivity index (χ3n) is 12.1. The second kappa shape index (κ2) is 14.5. The number of anilines is 6. The third-order valence-corrected chi connectivity index (χ3v) is 16.9. The monoisotopic (exact) mass is 768 g/mol. The Morgan fingerprint density at radius 1 is 0.339 bits per heavy atom. The minimum atomic E-state index is -2.95. The van der Waals surface area contributed by atoms with E-state index in [4.69, 9.17) is 0 Å². The van der Waals surface area contributed by atoms with Gasteiger partial charge in [-0.3, -0.25) is 0 Å². The highest BCUT2D eigenvalue weighted by Crippen LogP contribution is 2.45. The van der Waals surface area contributed by atoms with Gasteiger partial charge in [0.25, 0.3) is 0 Å². The zero-order chi connectivity index (χ0) is 39.2. The van der Waals surface area contributed by atoms with Crippen LogP contribution in [-0.2, 0) is 0 Å². The molecule has 2 nitrogen and oxygen atoms in total. The number of nitrogens with zero attached hydrogens (tertiary/aromatic N) is 2. The van der Waals surface area contributed by atoms with Crippen LogP contribution in [0.15, 0.2) is 243 Å². The zero-order valence-electron chi connectivity index (χ0n) is 32.5. The Bertz CT molecular complexity index is 3050. The number of hydrogen-bond donors (Lipinski definition) is 0. The lowest BCUT2D eigenvalue weighted by Gasteiger charge is -2.45. The van der Waals surface area contributed by atoms with Crippen molar-refractivity contribution in [2.45, 2.75) is 0 Å². The van der Waals surface area contributed by atoms with Crippen molar-refractivity contribution in [1.82, 2.24) is 0 Å². The molecule has 0 bridgehead atoms. The molecule has 59 heavy (non-hydrogen) atoms. The number of rotatable bonds is 7. The van der Waals surface area contributed by atoms with Crippen LogP contribution in [0.1, 0.15) is 0 Å². The first-order valence-corrected chi connectivity index (χ1v) is 22.4. The predicted octanol–water partition coefficient (Wildman–Crippen LogP) is 12.3. The lowest BCUT2D eigenvalue weighted by molar-refractivity contribution is 1.27. The number of hydrogen-bond acceptors (Lipinski definition) is 2. The molecule has 0 fully saturated rings. The highest BCUT2D eigenvalue weighted by Gasteiger charge is 2.49. The molecule has 0 aliphatic carbocycles. The molecule has 0 amide bonds. The molecule has 0 saturated heterocycles. The standard InChI is InChI=1S/C56H40N2Si/c1-5-19-41(20-6-1)42-33-35-45(36-34-42)57(54-39-43-21-13-14-28-49(43)50-29-15-16-30-51(50)54)46-37-38-53-56(40-46)59(47-24-9-3-10-25-47,48-26-11-4-12-27-48)55-32-18-17-31-52(55)58(53)44-22-7-2-8-23-44/h1-40H.